The standard InChI is InChI=1S/C14H21NO5S/c1-9-7-10(2)12(11(3)8-9)15(20-21(17)18)13(16)19-14(4,5)6/h7-8H,1-6H3,(H,17,18). The molecule has 0 heterocycles. The summed E-state index contributed by atoms with van der Waals surface area (Å²) in [7, 11) is 0. The van der Waals surface area contributed by atoms with Crippen LogP contribution in [0.3, 0.4) is 0 Å². The molecule has 0 saturated heterocycles. The third kappa shape index (κ3) is 5.11. The number of hydrogen-bond acceptors (Lipinski definition) is 4. The average Bonchev–Trinajstić information content (AvgIpc) is 2.23. The highest BCUT2D eigenvalue weighted by Crippen LogP contribution is 2.28. The molecule has 0 aliphatic rings. The van der Waals surface area contributed by atoms with Gasteiger partial charge < -0.3 is 4.74 Å². The van der Waals surface area contributed by atoms with Crippen molar-refractivity contribution in [1.29, 1.82) is 0 Å². The van der Waals surface area contributed by atoms with Crippen LogP contribution >= 0.6 is 0 Å². The zero-order chi connectivity index (χ0) is 16.4. The summed E-state index contributed by atoms with van der Waals surface area (Å²) in [5.41, 5.74) is 2.15. The van der Waals surface area contributed by atoms with E-state index in [0.29, 0.717) is 5.69 Å². The van der Waals surface area contributed by atoms with Crippen molar-refractivity contribution >= 4 is 23.1 Å². The third-order valence-electron chi connectivity index (χ3n) is 2.54. The molecule has 1 rings (SSSR count). The smallest absolute Gasteiger partial charge is 0.440 e. The highest BCUT2D eigenvalue weighted by atomic mass is 32.2. The number of aryl methyl sites for hydroxylation is 3. The number of benzene rings is 1. The van der Waals surface area contributed by atoms with Crippen LogP contribution in [0.4, 0.5) is 10.5 Å². The molecule has 0 aliphatic heterocycles. The van der Waals surface area contributed by atoms with Crippen LogP contribution in [0, 0.1) is 20.8 Å². The van der Waals surface area contributed by atoms with E-state index in [1.807, 2.05) is 19.1 Å². The number of rotatable bonds is 3. The van der Waals surface area contributed by atoms with E-state index in [2.05, 4.69) is 0 Å². The van der Waals surface area contributed by atoms with Gasteiger partial charge in [-0.2, -0.15) is 4.21 Å². The second-order valence-electron chi connectivity index (χ2n) is 5.81. The van der Waals surface area contributed by atoms with Gasteiger partial charge in [0, 0.05) is 0 Å². The number of hydrogen-bond donors (Lipinski definition) is 1. The Balaban J connectivity index is 3.26. The summed E-state index contributed by atoms with van der Waals surface area (Å²) in [6, 6.07) is 3.70. The monoisotopic (exact) mass is 315 g/mol. The topological polar surface area (TPSA) is 76.1 Å². The van der Waals surface area contributed by atoms with Crippen molar-refractivity contribution in [2.24, 2.45) is 0 Å². The number of amides is 1. The molecule has 21 heavy (non-hydrogen) atoms. The van der Waals surface area contributed by atoms with Gasteiger partial charge in [-0.1, -0.05) is 17.7 Å². The van der Waals surface area contributed by atoms with Crippen LogP contribution in [0.2, 0.25) is 0 Å². The summed E-state index contributed by atoms with van der Waals surface area (Å²) in [5.74, 6) is 0. The predicted octanol–water partition coefficient (Wildman–Crippen LogP) is 3.42. The number of carbonyl (C=O) groups excluding carboxylic acids is 1. The number of nitrogens with zero attached hydrogens (tertiary/aromatic N) is 1. The highest BCUT2D eigenvalue weighted by Gasteiger charge is 2.28. The second kappa shape index (κ2) is 6.55. The van der Waals surface area contributed by atoms with Gasteiger partial charge in [-0.3, -0.25) is 4.55 Å². The molecule has 6 nitrogen and oxygen atoms in total. The van der Waals surface area contributed by atoms with Crippen LogP contribution < -0.4 is 5.06 Å². The predicted molar refractivity (Wildman–Crippen MR) is 81.2 cm³/mol. The Bertz CT molecular complexity index is 542. The fraction of sp³-hybridized carbons (Fsp3) is 0.500. The minimum atomic E-state index is -2.64. The molecule has 118 valence electrons. The van der Waals surface area contributed by atoms with Gasteiger partial charge in [0.15, 0.2) is 0 Å². The Kier molecular flexibility index (Phi) is 5.49. The summed E-state index contributed by atoms with van der Waals surface area (Å²) in [4.78, 5) is 12.2. The van der Waals surface area contributed by atoms with Crippen LogP contribution in [0.25, 0.3) is 0 Å². The van der Waals surface area contributed by atoms with Crippen molar-refractivity contribution in [3.8, 4) is 0 Å². The van der Waals surface area contributed by atoms with Crippen LogP contribution in [0.5, 0.6) is 0 Å². The van der Waals surface area contributed by atoms with Gasteiger partial charge in [0.05, 0.1) is 5.69 Å². The van der Waals surface area contributed by atoms with Gasteiger partial charge in [0.25, 0.3) is 0 Å². The van der Waals surface area contributed by atoms with Gasteiger partial charge in [0.1, 0.15) is 5.60 Å². The second-order valence-corrected chi connectivity index (χ2v) is 6.40. The zero-order valence-corrected chi connectivity index (χ0v) is 13.9. The highest BCUT2D eigenvalue weighted by molar-refractivity contribution is 7.74. The van der Waals surface area contributed by atoms with E-state index in [4.69, 9.17) is 13.6 Å². The zero-order valence-electron chi connectivity index (χ0n) is 13.1. The molecule has 7 heteroatoms. The minimum absolute atomic E-state index is 0.400. The molecular formula is C14H21NO5S. The van der Waals surface area contributed by atoms with E-state index in [-0.39, 0.29) is 0 Å². The first-order valence-corrected chi connectivity index (χ1v) is 7.44. The summed E-state index contributed by atoms with van der Waals surface area (Å²) in [5, 5.41) is 0.728. The molecule has 1 N–H and O–H groups in total. The lowest BCUT2D eigenvalue weighted by Gasteiger charge is -2.27. The Labute approximate surface area is 127 Å². The lowest BCUT2D eigenvalue weighted by Crippen LogP contribution is -2.38. The molecule has 0 spiro atoms. The van der Waals surface area contributed by atoms with Crippen molar-refractivity contribution in [2.45, 2.75) is 47.1 Å². The van der Waals surface area contributed by atoms with Crippen molar-refractivity contribution < 1.29 is 22.6 Å². The Morgan fingerprint density at radius 2 is 1.67 bits per heavy atom. The minimum Gasteiger partial charge on any atom is -0.442 e. The molecule has 1 aromatic carbocycles. The fourth-order valence-electron chi connectivity index (χ4n) is 2.02. The van der Waals surface area contributed by atoms with E-state index >= 15 is 0 Å². The number of ether oxygens (including phenoxy) is 1. The summed E-state index contributed by atoms with van der Waals surface area (Å²) in [6.07, 6.45) is -0.847. The summed E-state index contributed by atoms with van der Waals surface area (Å²) >= 11 is -2.64. The van der Waals surface area contributed by atoms with Crippen molar-refractivity contribution in [3.05, 3.63) is 28.8 Å². The van der Waals surface area contributed by atoms with Crippen LogP contribution in [-0.4, -0.2) is 20.5 Å². The van der Waals surface area contributed by atoms with Crippen molar-refractivity contribution in [2.75, 3.05) is 5.06 Å². The van der Waals surface area contributed by atoms with Crippen molar-refractivity contribution in [1.82, 2.24) is 0 Å². The van der Waals surface area contributed by atoms with Crippen LogP contribution in [-0.2, 0) is 20.4 Å². The first-order valence-electron chi connectivity index (χ1n) is 6.41. The molecule has 0 aliphatic carbocycles. The molecule has 1 atom stereocenters. The van der Waals surface area contributed by atoms with E-state index in [0.717, 1.165) is 21.8 Å². The van der Waals surface area contributed by atoms with Gasteiger partial charge in [-0.05, 0) is 52.7 Å². The first kappa shape index (κ1) is 17.6. The number of anilines is 1. The van der Waals surface area contributed by atoms with Crippen LogP contribution in [0.1, 0.15) is 37.5 Å². The molecule has 0 bridgehead atoms. The van der Waals surface area contributed by atoms with E-state index in [1.165, 1.54) is 0 Å². The lowest BCUT2D eigenvalue weighted by molar-refractivity contribution is 0.0441. The normalized spacial score (nSPS) is 12.9. The molecule has 1 amide bonds. The quantitative estimate of drug-likeness (QED) is 0.683. The van der Waals surface area contributed by atoms with Gasteiger partial charge in [-0.15, -0.1) is 9.35 Å². The third-order valence-corrected chi connectivity index (χ3v) is 2.81. The Morgan fingerprint density at radius 3 is 2.05 bits per heavy atom. The molecular weight excluding hydrogens is 294 g/mol. The lowest BCUT2D eigenvalue weighted by atomic mass is 10.1. The Hall–Kier alpha value is -1.44. The molecule has 1 aromatic rings. The van der Waals surface area contributed by atoms with Gasteiger partial charge >= 0.3 is 17.5 Å². The fourth-order valence-corrected chi connectivity index (χ4v) is 2.28. The maximum Gasteiger partial charge on any atom is 0.440 e. The molecule has 0 fully saturated rings. The number of carbonyl (C=O) groups is 1. The van der Waals surface area contributed by atoms with Gasteiger partial charge in [-0.25, -0.2) is 4.79 Å². The maximum atomic E-state index is 12.2. The van der Waals surface area contributed by atoms with E-state index < -0.39 is 23.1 Å². The largest absolute Gasteiger partial charge is 0.442 e. The Morgan fingerprint density at radius 1 is 1.19 bits per heavy atom. The van der Waals surface area contributed by atoms with E-state index in [9.17, 15) is 9.00 Å². The average molecular weight is 315 g/mol. The molecule has 0 radical (unpaired) electrons. The molecule has 0 aromatic heterocycles. The molecule has 0 saturated carbocycles. The van der Waals surface area contributed by atoms with Gasteiger partial charge in [0.2, 0.25) is 0 Å². The first-order chi connectivity index (χ1) is 9.51. The van der Waals surface area contributed by atoms with Crippen LogP contribution in [0.15, 0.2) is 12.1 Å². The molecule has 1 unspecified atom stereocenters. The van der Waals surface area contributed by atoms with E-state index in [1.54, 1.807) is 34.6 Å². The summed E-state index contributed by atoms with van der Waals surface area (Å²) in [6.45, 7) is 10.6. The maximum absolute atomic E-state index is 12.2. The van der Waals surface area contributed by atoms with Crippen molar-refractivity contribution in [3.63, 3.8) is 0 Å². The SMILES string of the molecule is Cc1cc(C)c(N(OS(=O)O)C(=O)OC(C)(C)C)c(C)c1. The summed E-state index contributed by atoms with van der Waals surface area (Å²) < 4.78 is 29.9. The number of hydroxylamine groups is 1.